The number of hydrogen-bond donors (Lipinski definition) is 1. The molecule has 136 valence electrons. The molecule has 2 aromatic rings. The normalized spacial score (nSPS) is 10.7. The largest absolute Gasteiger partial charge is 0.476 e. The number of hydrogen-bond acceptors (Lipinski definition) is 4. The summed E-state index contributed by atoms with van der Waals surface area (Å²) < 4.78 is 6.78. The molecule has 0 aliphatic carbocycles. The Balaban J connectivity index is 2.30. The zero-order valence-corrected chi connectivity index (χ0v) is 18.4. The summed E-state index contributed by atoms with van der Waals surface area (Å²) in [5.41, 5.74) is 3.35. The van der Waals surface area contributed by atoms with Gasteiger partial charge in [0.25, 0.3) is 5.91 Å². The highest BCUT2D eigenvalue weighted by atomic mass is 127. The summed E-state index contributed by atoms with van der Waals surface area (Å²) in [5.74, 6) is 0.0785. The summed E-state index contributed by atoms with van der Waals surface area (Å²) in [4.78, 5) is 12.5. The first-order valence-electron chi connectivity index (χ1n) is 7.85. The number of ether oxygens (including phenoxy) is 1. The SMILES string of the molecule is Cc1cccc(NC(=O)/C(C#N)=C/c2cc(Br)c(OCC#N)c(I)c2)c1C. The van der Waals surface area contributed by atoms with Crippen LogP contribution in [0.3, 0.4) is 0 Å². The maximum atomic E-state index is 12.5. The average Bonchev–Trinajstić information content (AvgIpc) is 2.62. The highest BCUT2D eigenvalue weighted by molar-refractivity contribution is 14.1. The lowest BCUT2D eigenvalue weighted by atomic mass is 10.1. The van der Waals surface area contributed by atoms with E-state index in [-0.39, 0.29) is 12.2 Å². The van der Waals surface area contributed by atoms with Crippen LogP contribution in [0.15, 0.2) is 40.4 Å². The fourth-order valence-corrected chi connectivity index (χ4v) is 4.07. The molecule has 0 bridgehead atoms. The van der Waals surface area contributed by atoms with Gasteiger partial charge >= 0.3 is 0 Å². The van der Waals surface area contributed by atoms with Crippen LogP contribution in [0.4, 0.5) is 5.69 Å². The monoisotopic (exact) mass is 535 g/mol. The molecule has 0 unspecified atom stereocenters. The molecule has 0 atom stereocenters. The first-order valence-corrected chi connectivity index (χ1v) is 9.72. The number of nitriles is 2. The van der Waals surface area contributed by atoms with Gasteiger partial charge in [0.1, 0.15) is 23.5 Å². The lowest BCUT2D eigenvalue weighted by Crippen LogP contribution is -2.14. The van der Waals surface area contributed by atoms with E-state index in [0.29, 0.717) is 21.5 Å². The standard InChI is InChI=1S/C20H15BrIN3O2/c1-12-4-3-5-18(13(12)2)25-20(26)15(11-24)8-14-9-16(21)19(17(22)10-14)27-7-6-23/h3-5,8-10H,7H2,1-2H3,(H,25,26)/b15-8+. The van der Waals surface area contributed by atoms with Crippen LogP contribution < -0.4 is 10.1 Å². The zero-order chi connectivity index (χ0) is 20.0. The molecule has 27 heavy (non-hydrogen) atoms. The Labute approximate surface area is 179 Å². The van der Waals surface area contributed by atoms with E-state index < -0.39 is 5.91 Å². The Morgan fingerprint density at radius 1 is 1.33 bits per heavy atom. The fraction of sp³-hybridized carbons (Fsp3) is 0.150. The molecule has 1 N–H and O–H groups in total. The fourth-order valence-electron chi connectivity index (χ4n) is 2.30. The molecule has 5 nitrogen and oxygen atoms in total. The number of nitrogens with zero attached hydrogens (tertiary/aromatic N) is 2. The number of carbonyl (C=O) groups excluding carboxylic acids is 1. The van der Waals surface area contributed by atoms with Gasteiger partial charge in [-0.3, -0.25) is 4.79 Å². The molecule has 0 aromatic heterocycles. The third kappa shape index (κ3) is 5.31. The molecule has 0 fully saturated rings. The van der Waals surface area contributed by atoms with E-state index >= 15 is 0 Å². The molecule has 0 spiro atoms. The third-order valence-electron chi connectivity index (χ3n) is 3.83. The second kappa shape index (κ2) is 9.54. The number of amides is 1. The summed E-state index contributed by atoms with van der Waals surface area (Å²) in [6.07, 6.45) is 1.52. The molecule has 0 aliphatic rings. The van der Waals surface area contributed by atoms with Gasteiger partial charge in [-0.1, -0.05) is 12.1 Å². The van der Waals surface area contributed by atoms with Crippen LogP contribution >= 0.6 is 38.5 Å². The Kier molecular flexibility index (Phi) is 7.40. The third-order valence-corrected chi connectivity index (χ3v) is 5.22. The lowest BCUT2D eigenvalue weighted by Gasteiger charge is -2.10. The Hall–Kier alpha value is -2.36. The molecule has 0 saturated heterocycles. The van der Waals surface area contributed by atoms with Crippen LogP contribution in [0.1, 0.15) is 16.7 Å². The summed E-state index contributed by atoms with van der Waals surface area (Å²) >= 11 is 5.47. The Bertz CT molecular complexity index is 980. The van der Waals surface area contributed by atoms with Gasteiger partial charge in [0.2, 0.25) is 0 Å². The summed E-state index contributed by atoms with van der Waals surface area (Å²) in [7, 11) is 0. The minimum absolute atomic E-state index is 0.00991. The number of benzene rings is 2. The van der Waals surface area contributed by atoms with E-state index in [0.717, 1.165) is 14.7 Å². The van der Waals surface area contributed by atoms with Crippen molar-refractivity contribution in [3.05, 3.63) is 60.6 Å². The van der Waals surface area contributed by atoms with Crippen molar-refractivity contribution in [2.45, 2.75) is 13.8 Å². The molecular formula is C20H15BrIN3O2. The predicted molar refractivity (Wildman–Crippen MR) is 116 cm³/mol. The number of carbonyl (C=O) groups is 1. The zero-order valence-electron chi connectivity index (χ0n) is 14.6. The number of aryl methyl sites for hydroxylation is 1. The van der Waals surface area contributed by atoms with E-state index in [1.807, 2.05) is 38.1 Å². The Morgan fingerprint density at radius 3 is 2.70 bits per heavy atom. The van der Waals surface area contributed by atoms with Crippen molar-refractivity contribution in [2.75, 3.05) is 11.9 Å². The van der Waals surface area contributed by atoms with Crippen LogP contribution in [-0.4, -0.2) is 12.5 Å². The van der Waals surface area contributed by atoms with E-state index in [9.17, 15) is 10.1 Å². The smallest absolute Gasteiger partial charge is 0.266 e. The number of nitrogens with one attached hydrogen (secondary N) is 1. The molecular weight excluding hydrogens is 521 g/mol. The van der Waals surface area contributed by atoms with Gasteiger partial charge in [-0.05, 0) is 93.3 Å². The van der Waals surface area contributed by atoms with Gasteiger partial charge in [0.15, 0.2) is 6.61 Å². The van der Waals surface area contributed by atoms with Gasteiger partial charge in [0.05, 0.1) is 8.04 Å². The van der Waals surface area contributed by atoms with E-state index in [1.54, 1.807) is 18.2 Å². The van der Waals surface area contributed by atoms with Crippen LogP contribution in [0.5, 0.6) is 5.75 Å². The van der Waals surface area contributed by atoms with Crippen molar-refractivity contribution in [1.29, 1.82) is 10.5 Å². The highest BCUT2D eigenvalue weighted by Gasteiger charge is 2.13. The van der Waals surface area contributed by atoms with E-state index in [2.05, 4.69) is 43.8 Å². The van der Waals surface area contributed by atoms with E-state index in [1.165, 1.54) is 6.08 Å². The minimum Gasteiger partial charge on any atom is -0.476 e. The first-order chi connectivity index (χ1) is 12.9. The molecule has 0 radical (unpaired) electrons. The van der Waals surface area contributed by atoms with Crippen molar-refractivity contribution >= 4 is 56.2 Å². The van der Waals surface area contributed by atoms with Crippen molar-refractivity contribution < 1.29 is 9.53 Å². The second-order valence-electron chi connectivity index (χ2n) is 5.63. The maximum Gasteiger partial charge on any atom is 0.266 e. The predicted octanol–water partition coefficient (Wildman–Crippen LogP) is 5.12. The summed E-state index contributed by atoms with van der Waals surface area (Å²) in [5, 5.41) is 20.9. The van der Waals surface area contributed by atoms with Gasteiger partial charge < -0.3 is 10.1 Å². The molecule has 2 aromatic carbocycles. The molecule has 1 amide bonds. The number of anilines is 1. The number of rotatable bonds is 5. The summed E-state index contributed by atoms with van der Waals surface area (Å²) in [6.45, 7) is 3.81. The molecule has 2 rings (SSSR count). The molecule has 7 heteroatoms. The maximum absolute atomic E-state index is 12.5. The van der Waals surface area contributed by atoms with Crippen LogP contribution in [0, 0.1) is 40.1 Å². The van der Waals surface area contributed by atoms with Gasteiger partial charge in [-0.25, -0.2) is 0 Å². The van der Waals surface area contributed by atoms with Crippen LogP contribution in [0.2, 0.25) is 0 Å². The molecule has 0 heterocycles. The summed E-state index contributed by atoms with van der Waals surface area (Å²) in [6, 6.07) is 13.0. The highest BCUT2D eigenvalue weighted by Crippen LogP contribution is 2.32. The second-order valence-corrected chi connectivity index (χ2v) is 7.65. The average molecular weight is 536 g/mol. The van der Waals surface area contributed by atoms with Crippen molar-refractivity contribution in [3.8, 4) is 17.9 Å². The van der Waals surface area contributed by atoms with Crippen molar-refractivity contribution in [3.63, 3.8) is 0 Å². The Morgan fingerprint density at radius 2 is 2.07 bits per heavy atom. The number of halogens is 2. The first kappa shape index (κ1) is 20.9. The quantitative estimate of drug-likeness (QED) is 0.327. The molecule has 0 saturated carbocycles. The van der Waals surface area contributed by atoms with Crippen LogP contribution in [-0.2, 0) is 4.79 Å². The van der Waals surface area contributed by atoms with Crippen molar-refractivity contribution in [2.24, 2.45) is 0 Å². The van der Waals surface area contributed by atoms with Gasteiger partial charge in [-0.15, -0.1) is 0 Å². The topological polar surface area (TPSA) is 85.9 Å². The molecule has 0 aliphatic heterocycles. The minimum atomic E-state index is -0.470. The van der Waals surface area contributed by atoms with Crippen molar-refractivity contribution in [1.82, 2.24) is 0 Å². The van der Waals surface area contributed by atoms with E-state index in [4.69, 9.17) is 10.00 Å². The van der Waals surface area contributed by atoms with Gasteiger partial charge in [-0.2, -0.15) is 10.5 Å². The van der Waals surface area contributed by atoms with Gasteiger partial charge in [0, 0.05) is 5.69 Å². The lowest BCUT2D eigenvalue weighted by molar-refractivity contribution is -0.112. The van der Waals surface area contributed by atoms with Crippen LogP contribution in [0.25, 0.3) is 6.08 Å².